The van der Waals surface area contributed by atoms with Crippen LogP contribution in [0.1, 0.15) is 203 Å². The summed E-state index contributed by atoms with van der Waals surface area (Å²) in [5.74, 6) is -5.70. The van der Waals surface area contributed by atoms with Gasteiger partial charge in [0.2, 0.25) is 0 Å². The van der Waals surface area contributed by atoms with Gasteiger partial charge in [-0.05, 0) is 66.2 Å². The highest BCUT2D eigenvalue weighted by Crippen LogP contribution is 2.16. The van der Waals surface area contributed by atoms with Crippen molar-refractivity contribution in [2.24, 2.45) is 0 Å². The number of rotatable bonds is 31. The van der Waals surface area contributed by atoms with Crippen LogP contribution in [0.2, 0.25) is 0 Å². The van der Waals surface area contributed by atoms with E-state index in [1.165, 1.54) is 57.8 Å². The molecule has 0 bridgehead atoms. The van der Waals surface area contributed by atoms with Crippen LogP contribution in [0.3, 0.4) is 0 Å². The van der Waals surface area contributed by atoms with Crippen molar-refractivity contribution in [2.45, 2.75) is 221 Å². The molecule has 0 aromatic heterocycles. The number of carbonyl (C=O) groups excluding carboxylic acids is 4. The van der Waals surface area contributed by atoms with Crippen LogP contribution in [-0.4, -0.2) is 93.2 Å². The maximum Gasteiger partial charge on any atom is 0.336 e. The molecule has 0 saturated carbocycles. The Morgan fingerprint density at radius 3 is 0.983 bits per heavy atom. The Bertz CT molecular complexity index is 1000. The summed E-state index contributed by atoms with van der Waals surface area (Å²) in [4.78, 5) is 76.0. The number of carboxylic acid groups (broad SMARTS) is 3. The van der Waals surface area contributed by atoms with Crippen LogP contribution in [-0.2, 0) is 52.5 Å². The van der Waals surface area contributed by atoms with Crippen LogP contribution in [0.5, 0.6) is 0 Å². The topological polar surface area (TPSA) is 237 Å². The van der Waals surface area contributed by atoms with E-state index < -0.39 is 36.4 Å². The first-order chi connectivity index (χ1) is 27.3. The van der Waals surface area contributed by atoms with Crippen molar-refractivity contribution in [1.29, 1.82) is 0 Å². The van der Waals surface area contributed by atoms with Crippen molar-refractivity contribution < 1.29 is 72.9 Å². The molecule has 15 nitrogen and oxygen atoms in total. The molecule has 0 aliphatic rings. The van der Waals surface area contributed by atoms with Crippen molar-refractivity contribution in [3.8, 4) is 0 Å². The summed E-state index contributed by atoms with van der Waals surface area (Å²) in [6, 6.07) is 0. The molecule has 0 aliphatic carbocycles. The van der Waals surface area contributed by atoms with Gasteiger partial charge in [0.25, 0.3) is 0 Å². The van der Waals surface area contributed by atoms with Gasteiger partial charge in [-0.3, -0.25) is 28.8 Å². The molecule has 0 spiro atoms. The zero-order valence-electron chi connectivity index (χ0n) is 37.1. The Morgan fingerprint density at radius 1 is 0.448 bits per heavy atom. The number of carboxylic acids is 3. The SMILES string of the molecule is CC(C)OC(=O)CCCCC(=O)OC(C)C.CCC.CCCCCCCCOC(=O)CCCCC(=O)OCCCCCCCC.O=C(O)CC(O)(CC(=O)O)C(=O)O. The molecule has 342 valence electrons. The van der Waals surface area contributed by atoms with Crippen molar-refractivity contribution >= 4 is 41.8 Å². The monoisotopic (exact) mass is 837 g/mol. The zero-order valence-corrected chi connectivity index (χ0v) is 37.1. The van der Waals surface area contributed by atoms with E-state index in [4.69, 9.17) is 39.4 Å². The molecular weight excluding hydrogens is 756 g/mol. The molecule has 0 radical (unpaired) electrons. The Balaban J connectivity index is -0.000000389. The minimum Gasteiger partial charge on any atom is -0.481 e. The fraction of sp³-hybridized carbons (Fsp3) is 0.837. The van der Waals surface area contributed by atoms with Gasteiger partial charge >= 0.3 is 41.8 Å². The highest BCUT2D eigenvalue weighted by atomic mass is 16.5. The normalized spacial score (nSPS) is 10.5. The number of aliphatic carboxylic acids is 3. The summed E-state index contributed by atoms with van der Waals surface area (Å²) in [6.45, 7) is 17.0. The lowest BCUT2D eigenvalue weighted by Crippen LogP contribution is -2.42. The van der Waals surface area contributed by atoms with Gasteiger partial charge in [-0.2, -0.15) is 0 Å². The first kappa shape index (κ1) is 60.9. The fourth-order valence-electron chi connectivity index (χ4n) is 4.72. The Labute approximate surface area is 348 Å². The van der Waals surface area contributed by atoms with Gasteiger partial charge in [-0.15, -0.1) is 0 Å². The predicted molar refractivity (Wildman–Crippen MR) is 221 cm³/mol. The lowest BCUT2D eigenvalue weighted by molar-refractivity contribution is -0.170. The third-order valence-corrected chi connectivity index (χ3v) is 7.57. The number of unbranched alkanes of at least 4 members (excludes halogenated alkanes) is 12. The van der Waals surface area contributed by atoms with Gasteiger partial charge in [-0.25, -0.2) is 4.79 Å². The third kappa shape index (κ3) is 50.3. The van der Waals surface area contributed by atoms with Gasteiger partial charge in [-0.1, -0.05) is 98.3 Å². The number of aliphatic hydroxyl groups is 1. The molecule has 0 amide bonds. The number of esters is 4. The van der Waals surface area contributed by atoms with E-state index in [1.54, 1.807) is 0 Å². The molecule has 0 aromatic carbocycles. The largest absolute Gasteiger partial charge is 0.481 e. The second kappa shape index (κ2) is 42.8. The van der Waals surface area contributed by atoms with E-state index in [9.17, 15) is 33.6 Å². The molecule has 0 heterocycles. The van der Waals surface area contributed by atoms with Crippen LogP contribution in [0.25, 0.3) is 0 Å². The van der Waals surface area contributed by atoms with Crippen molar-refractivity contribution in [3.63, 3.8) is 0 Å². The van der Waals surface area contributed by atoms with Crippen LogP contribution in [0, 0.1) is 0 Å². The highest BCUT2D eigenvalue weighted by Gasteiger charge is 2.40. The van der Waals surface area contributed by atoms with Crippen molar-refractivity contribution in [2.75, 3.05) is 13.2 Å². The fourth-order valence-corrected chi connectivity index (χ4v) is 4.72. The molecule has 0 unspecified atom stereocenters. The lowest BCUT2D eigenvalue weighted by atomic mass is 9.96. The van der Waals surface area contributed by atoms with Crippen LogP contribution in [0.15, 0.2) is 0 Å². The third-order valence-electron chi connectivity index (χ3n) is 7.57. The Morgan fingerprint density at radius 2 is 0.724 bits per heavy atom. The molecule has 0 rings (SSSR count). The lowest BCUT2D eigenvalue weighted by Gasteiger charge is -2.18. The smallest absolute Gasteiger partial charge is 0.336 e. The number of carbonyl (C=O) groups is 7. The van der Waals surface area contributed by atoms with Crippen LogP contribution < -0.4 is 0 Å². The standard InChI is InChI=1S/C22H42O4.C12H22O4.C6H8O7.C3H8/c1-3-5-7-9-11-15-19-25-21(23)17-13-14-18-22(24)26-20-16-12-10-8-6-4-2;1-9(2)15-11(13)7-5-6-8-12(14)16-10(3)4;7-3(8)1-6(13,5(11)12)2-4(9)10;1-3-2/h3-20H2,1-2H3;9-10H,5-8H2,1-4H3;13H,1-2H2,(H,7,8)(H,9,10)(H,11,12);3H2,1-2H3. The second-order valence-corrected chi connectivity index (χ2v) is 14.7. The van der Waals surface area contributed by atoms with E-state index in [0.717, 1.165) is 25.7 Å². The summed E-state index contributed by atoms with van der Waals surface area (Å²) in [6.07, 6.45) is 17.4. The maximum absolute atomic E-state index is 11.6. The van der Waals surface area contributed by atoms with E-state index in [2.05, 4.69) is 27.7 Å². The van der Waals surface area contributed by atoms with Crippen LogP contribution >= 0.6 is 0 Å². The molecular formula is C43H80O15. The molecule has 0 atom stereocenters. The summed E-state index contributed by atoms with van der Waals surface area (Å²) < 4.78 is 20.4. The van der Waals surface area contributed by atoms with E-state index in [-0.39, 0.29) is 36.1 Å². The molecule has 0 fully saturated rings. The average molecular weight is 837 g/mol. The summed E-state index contributed by atoms with van der Waals surface area (Å²) in [5, 5.41) is 33.8. The number of hydrogen-bond donors (Lipinski definition) is 4. The van der Waals surface area contributed by atoms with Gasteiger partial charge in [0, 0.05) is 25.7 Å². The molecule has 4 N–H and O–H groups in total. The Hall–Kier alpha value is -3.75. The van der Waals surface area contributed by atoms with Gasteiger partial charge in [0.1, 0.15) is 0 Å². The second-order valence-electron chi connectivity index (χ2n) is 14.7. The maximum atomic E-state index is 11.6. The number of hydrogen-bond acceptors (Lipinski definition) is 12. The molecule has 15 heteroatoms. The number of ether oxygens (including phenoxy) is 4. The summed E-state index contributed by atoms with van der Waals surface area (Å²) in [7, 11) is 0. The molecule has 0 aromatic rings. The minimum atomic E-state index is -2.74. The Kier molecular flexibility index (Phi) is 45.0. The first-order valence-electron chi connectivity index (χ1n) is 21.4. The van der Waals surface area contributed by atoms with Gasteiger partial charge in [0.05, 0.1) is 38.3 Å². The highest BCUT2D eigenvalue weighted by molar-refractivity contribution is 5.88. The molecule has 58 heavy (non-hydrogen) atoms. The van der Waals surface area contributed by atoms with Gasteiger partial charge < -0.3 is 39.4 Å². The van der Waals surface area contributed by atoms with E-state index in [1.807, 2.05) is 27.7 Å². The average Bonchev–Trinajstić information content (AvgIpc) is 3.11. The summed E-state index contributed by atoms with van der Waals surface area (Å²) >= 11 is 0. The molecule has 0 aliphatic heterocycles. The summed E-state index contributed by atoms with van der Waals surface area (Å²) in [5.41, 5.74) is -2.74. The van der Waals surface area contributed by atoms with Crippen molar-refractivity contribution in [3.05, 3.63) is 0 Å². The zero-order chi connectivity index (χ0) is 45.2. The van der Waals surface area contributed by atoms with E-state index >= 15 is 0 Å². The van der Waals surface area contributed by atoms with Crippen molar-refractivity contribution in [1.82, 2.24) is 0 Å². The first-order valence-corrected chi connectivity index (χ1v) is 21.4. The van der Waals surface area contributed by atoms with E-state index in [0.29, 0.717) is 64.6 Å². The molecule has 0 saturated heterocycles. The predicted octanol–water partition coefficient (Wildman–Crippen LogP) is 8.97. The van der Waals surface area contributed by atoms with Gasteiger partial charge in [0.15, 0.2) is 5.60 Å². The quantitative estimate of drug-likeness (QED) is 0.0290. The minimum absolute atomic E-state index is 0.0709. The van der Waals surface area contributed by atoms with Crippen LogP contribution in [0.4, 0.5) is 0 Å².